The van der Waals surface area contributed by atoms with Crippen molar-refractivity contribution in [3.8, 4) is 50.6 Å². The highest BCUT2D eigenvalue weighted by atomic mass is 15.1. The first kappa shape index (κ1) is 31.2. The first-order valence-electron chi connectivity index (χ1n) is 18.7. The lowest BCUT2D eigenvalue weighted by Gasteiger charge is -2.16. The highest BCUT2D eigenvalue weighted by molar-refractivity contribution is 6.17. The molecule has 0 aliphatic carbocycles. The second-order valence-corrected chi connectivity index (χ2v) is 14.2. The van der Waals surface area contributed by atoms with Crippen LogP contribution >= 0.6 is 0 Å². The van der Waals surface area contributed by atoms with E-state index in [0.29, 0.717) is 0 Å². The number of para-hydroxylation sites is 1. The van der Waals surface area contributed by atoms with Crippen molar-refractivity contribution in [3.63, 3.8) is 0 Å². The highest BCUT2D eigenvalue weighted by Crippen LogP contribution is 2.42. The van der Waals surface area contributed by atoms with Crippen molar-refractivity contribution < 1.29 is 0 Å². The van der Waals surface area contributed by atoms with Gasteiger partial charge >= 0.3 is 0 Å². The quantitative estimate of drug-likeness (QED) is 0.167. The molecule has 0 saturated heterocycles. The van der Waals surface area contributed by atoms with Gasteiger partial charge in [0.05, 0.1) is 22.2 Å². The largest absolute Gasteiger partial charge is 0.292 e. The first-order chi connectivity index (χ1) is 27.2. The summed E-state index contributed by atoms with van der Waals surface area (Å²) in [6.45, 7) is 0. The summed E-state index contributed by atoms with van der Waals surface area (Å²) in [5.41, 5.74) is 11.7. The van der Waals surface area contributed by atoms with E-state index in [9.17, 15) is 0 Å². The molecule has 0 radical (unpaired) electrons. The van der Waals surface area contributed by atoms with Gasteiger partial charge in [0.1, 0.15) is 5.82 Å². The smallest absolute Gasteiger partial charge is 0.145 e. The highest BCUT2D eigenvalue weighted by Gasteiger charge is 2.19. The summed E-state index contributed by atoms with van der Waals surface area (Å²) in [6.07, 6.45) is 0. The third-order valence-electron chi connectivity index (χ3n) is 10.9. The van der Waals surface area contributed by atoms with E-state index in [2.05, 4.69) is 199 Å². The average molecular weight is 700 g/mol. The van der Waals surface area contributed by atoms with Gasteiger partial charge in [-0.2, -0.15) is 0 Å². The Balaban J connectivity index is 1.18. The zero-order valence-corrected chi connectivity index (χ0v) is 29.9. The van der Waals surface area contributed by atoms with Crippen LogP contribution in [0.3, 0.4) is 0 Å². The molecule has 0 saturated carbocycles. The third kappa shape index (κ3) is 5.28. The minimum atomic E-state index is 0.912. The number of hydrogen-bond donors (Lipinski definition) is 0. The summed E-state index contributed by atoms with van der Waals surface area (Å²) in [5, 5.41) is 8.34. The third-order valence-corrected chi connectivity index (χ3v) is 10.9. The number of rotatable bonds is 5. The SMILES string of the molecule is c1ccc(-c2nc3cc(-c4cc(-c5ccc6ccccc6c5)c5cc(-c6ccc7ccccc7c6)c6ccccc6c5n4)ccc3n2-c2ccccc2)cc1. The van der Waals surface area contributed by atoms with Gasteiger partial charge in [0, 0.05) is 27.6 Å². The van der Waals surface area contributed by atoms with E-state index in [-0.39, 0.29) is 0 Å². The molecule has 0 bridgehead atoms. The molecule has 2 aromatic heterocycles. The predicted molar refractivity (Wildman–Crippen MR) is 231 cm³/mol. The number of hydrogen-bond acceptors (Lipinski definition) is 2. The predicted octanol–water partition coefficient (Wildman–Crippen LogP) is 13.7. The Labute approximate surface area is 318 Å². The van der Waals surface area contributed by atoms with Gasteiger partial charge in [-0.15, -0.1) is 0 Å². The maximum absolute atomic E-state index is 5.52. The van der Waals surface area contributed by atoms with Gasteiger partial charge in [-0.3, -0.25) is 4.57 Å². The van der Waals surface area contributed by atoms with Crippen molar-refractivity contribution >= 4 is 54.3 Å². The Hall–Kier alpha value is -7.36. The van der Waals surface area contributed by atoms with Crippen molar-refractivity contribution in [3.05, 3.63) is 200 Å². The first-order valence-corrected chi connectivity index (χ1v) is 18.7. The van der Waals surface area contributed by atoms with Crippen LogP contribution in [0.2, 0.25) is 0 Å². The number of fused-ring (bicyclic) bond motifs is 6. The van der Waals surface area contributed by atoms with Crippen LogP contribution in [0, 0.1) is 0 Å². The fourth-order valence-electron chi connectivity index (χ4n) is 8.25. The zero-order chi connectivity index (χ0) is 36.3. The van der Waals surface area contributed by atoms with Gasteiger partial charge in [0.15, 0.2) is 0 Å². The molecule has 11 rings (SSSR count). The minimum absolute atomic E-state index is 0.912. The summed E-state index contributed by atoms with van der Waals surface area (Å²) in [7, 11) is 0. The van der Waals surface area contributed by atoms with Crippen molar-refractivity contribution in [1.29, 1.82) is 0 Å². The molecule has 55 heavy (non-hydrogen) atoms. The fourth-order valence-corrected chi connectivity index (χ4v) is 8.25. The summed E-state index contributed by atoms with van der Waals surface area (Å²) in [6, 6.07) is 71.6. The number of aromatic nitrogens is 3. The topological polar surface area (TPSA) is 30.7 Å². The molecule has 0 fully saturated rings. The molecule has 9 aromatic carbocycles. The number of imidazole rings is 1. The Morgan fingerprint density at radius 2 is 0.909 bits per heavy atom. The van der Waals surface area contributed by atoms with Crippen molar-refractivity contribution in [2.75, 3.05) is 0 Å². The molecule has 0 unspecified atom stereocenters. The molecule has 2 heterocycles. The van der Waals surface area contributed by atoms with Gasteiger partial charge in [-0.25, -0.2) is 9.97 Å². The van der Waals surface area contributed by atoms with Crippen LogP contribution < -0.4 is 0 Å². The fraction of sp³-hybridized carbons (Fsp3) is 0. The molecule has 256 valence electrons. The molecular formula is C52H33N3. The number of benzene rings is 9. The Morgan fingerprint density at radius 3 is 1.60 bits per heavy atom. The normalized spacial score (nSPS) is 11.6. The van der Waals surface area contributed by atoms with Crippen molar-refractivity contribution in [2.24, 2.45) is 0 Å². The molecule has 3 heteroatoms. The number of nitrogens with zero attached hydrogens (tertiary/aromatic N) is 3. The summed E-state index contributed by atoms with van der Waals surface area (Å²) in [5.74, 6) is 0.912. The summed E-state index contributed by atoms with van der Waals surface area (Å²) < 4.78 is 2.25. The van der Waals surface area contributed by atoms with E-state index >= 15 is 0 Å². The molecule has 0 aliphatic heterocycles. The Bertz CT molecular complexity index is 3250. The van der Waals surface area contributed by atoms with Crippen LogP contribution in [-0.2, 0) is 0 Å². The van der Waals surface area contributed by atoms with Crippen molar-refractivity contribution in [2.45, 2.75) is 0 Å². The average Bonchev–Trinajstić information content (AvgIpc) is 3.65. The lowest BCUT2D eigenvalue weighted by atomic mass is 9.90. The maximum Gasteiger partial charge on any atom is 0.145 e. The van der Waals surface area contributed by atoms with E-state index < -0.39 is 0 Å². The molecular weight excluding hydrogens is 667 g/mol. The molecule has 0 aliphatic rings. The Morgan fingerprint density at radius 1 is 0.345 bits per heavy atom. The minimum Gasteiger partial charge on any atom is -0.292 e. The van der Waals surface area contributed by atoms with E-state index in [0.717, 1.165) is 66.8 Å². The molecule has 0 N–H and O–H groups in total. The second kappa shape index (κ2) is 12.6. The number of pyridine rings is 1. The molecule has 0 atom stereocenters. The molecule has 3 nitrogen and oxygen atoms in total. The van der Waals surface area contributed by atoms with Crippen LogP contribution in [0.4, 0.5) is 0 Å². The summed E-state index contributed by atoms with van der Waals surface area (Å²) >= 11 is 0. The Kier molecular flexibility index (Phi) is 7.17. The monoisotopic (exact) mass is 699 g/mol. The van der Waals surface area contributed by atoms with E-state index in [1.165, 1.54) is 38.1 Å². The van der Waals surface area contributed by atoms with Gasteiger partial charge in [0.2, 0.25) is 0 Å². The van der Waals surface area contributed by atoms with E-state index in [4.69, 9.17) is 9.97 Å². The standard InChI is InChI=1S/C52H33N3/c1-3-15-36(16-4-1)52-54-49-31-41(27-28-50(49)55(52)42-19-5-2-6-20-42)48-33-46(40-26-24-35-14-8-10-18-38(35)30-40)47-32-45(43-21-11-12-22-44(43)51(47)53-48)39-25-23-34-13-7-9-17-37(34)29-39/h1-33H. The van der Waals surface area contributed by atoms with Crippen LogP contribution in [-0.4, -0.2) is 14.5 Å². The van der Waals surface area contributed by atoms with Gasteiger partial charge in [0.25, 0.3) is 0 Å². The van der Waals surface area contributed by atoms with Gasteiger partial charge in [-0.05, 0) is 97.7 Å². The maximum atomic E-state index is 5.52. The van der Waals surface area contributed by atoms with Gasteiger partial charge in [-0.1, -0.05) is 152 Å². The van der Waals surface area contributed by atoms with E-state index in [1.807, 2.05) is 6.07 Å². The zero-order valence-electron chi connectivity index (χ0n) is 29.9. The molecule has 0 amide bonds. The lowest BCUT2D eigenvalue weighted by molar-refractivity contribution is 1.10. The summed E-state index contributed by atoms with van der Waals surface area (Å²) in [4.78, 5) is 10.8. The van der Waals surface area contributed by atoms with E-state index in [1.54, 1.807) is 0 Å². The second-order valence-electron chi connectivity index (χ2n) is 14.2. The molecule has 0 spiro atoms. The lowest BCUT2D eigenvalue weighted by Crippen LogP contribution is -1.97. The van der Waals surface area contributed by atoms with Crippen LogP contribution in [0.25, 0.3) is 105 Å². The van der Waals surface area contributed by atoms with Crippen molar-refractivity contribution in [1.82, 2.24) is 14.5 Å². The van der Waals surface area contributed by atoms with Crippen LogP contribution in [0.1, 0.15) is 0 Å². The van der Waals surface area contributed by atoms with Crippen LogP contribution in [0.15, 0.2) is 200 Å². The van der Waals surface area contributed by atoms with Crippen LogP contribution in [0.5, 0.6) is 0 Å². The van der Waals surface area contributed by atoms with Gasteiger partial charge < -0.3 is 0 Å². The molecule has 11 aromatic rings.